The van der Waals surface area contributed by atoms with Crippen molar-refractivity contribution < 1.29 is 0 Å². The summed E-state index contributed by atoms with van der Waals surface area (Å²) in [6.07, 6.45) is 0. The molecule has 0 fully saturated rings. The van der Waals surface area contributed by atoms with E-state index >= 15 is 0 Å². The molecule has 3 N–H and O–H groups in total. The van der Waals surface area contributed by atoms with E-state index in [4.69, 9.17) is 5.73 Å². The number of nitrogens with one attached hydrogen (secondary N) is 1. The van der Waals surface area contributed by atoms with Crippen molar-refractivity contribution in [3.05, 3.63) is 5.82 Å². The van der Waals surface area contributed by atoms with Gasteiger partial charge < -0.3 is 11.1 Å². The molecule has 0 aliphatic heterocycles. The highest BCUT2D eigenvalue weighted by atomic mass is 15.6. The summed E-state index contributed by atoms with van der Waals surface area (Å²) in [4.78, 5) is 1.43. The molecule has 0 aliphatic rings. The SMILES string of the molecule is Cn1nnc(CNCCN)n1. The van der Waals surface area contributed by atoms with Crippen molar-refractivity contribution in [2.45, 2.75) is 6.54 Å². The average Bonchev–Trinajstić information content (AvgIpc) is 2.37. The maximum absolute atomic E-state index is 5.27. The summed E-state index contributed by atoms with van der Waals surface area (Å²) >= 11 is 0. The largest absolute Gasteiger partial charge is 0.329 e. The Hall–Kier alpha value is -1.01. The fourth-order valence-corrected chi connectivity index (χ4v) is 0.696. The lowest BCUT2D eigenvalue weighted by Gasteiger charge is -1.95. The number of hydrogen-bond acceptors (Lipinski definition) is 5. The summed E-state index contributed by atoms with van der Waals surface area (Å²) < 4.78 is 0. The van der Waals surface area contributed by atoms with Gasteiger partial charge in [0, 0.05) is 13.1 Å². The summed E-state index contributed by atoms with van der Waals surface area (Å²) in [6.45, 7) is 2.03. The van der Waals surface area contributed by atoms with Crippen LogP contribution in [0.15, 0.2) is 0 Å². The zero-order valence-electron chi connectivity index (χ0n) is 6.49. The molecule has 0 unspecified atom stereocenters. The molecule has 0 spiro atoms. The van der Waals surface area contributed by atoms with E-state index in [2.05, 4.69) is 20.7 Å². The van der Waals surface area contributed by atoms with Gasteiger partial charge in [0.1, 0.15) is 0 Å². The Morgan fingerprint density at radius 2 is 2.45 bits per heavy atom. The molecule has 1 aromatic heterocycles. The van der Waals surface area contributed by atoms with Crippen molar-refractivity contribution in [3.63, 3.8) is 0 Å². The molecule has 0 saturated carbocycles. The fraction of sp³-hybridized carbons (Fsp3) is 0.800. The van der Waals surface area contributed by atoms with E-state index in [0.29, 0.717) is 18.9 Å². The van der Waals surface area contributed by atoms with Gasteiger partial charge in [-0.2, -0.15) is 4.80 Å². The highest BCUT2D eigenvalue weighted by molar-refractivity contribution is 4.74. The van der Waals surface area contributed by atoms with Gasteiger partial charge in [-0.1, -0.05) is 0 Å². The van der Waals surface area contributed by atoms with Crippen LogP contribution < -0.4 is 11.1 Å². The van der Waals surface area contributed by atoms with Crippen molar-refractivity contribution in [1.29, 1.82) is 0 Å². The van der Waals surface area contributed by atoms with E-state index in [9.17, 15) is 0 Å². The third-order valence-electron chi connectivity index (χ3n) is 1.15. The van der Waals surface area contributed by atoms with Gasteiger partial charge in [0.05, 0.1) is 13.6 Å². The Labute approximate surface area is 64.8 Å². The number of aromatic nitrogens is 4. The smallest absolute Gasteiger partial charge is 0.188 e. The highest BCUT2D eigenvalue weighted by Crippen LogP contribution is 1.81. The second-order valence-corrected chi connectivity index (χ2v) is 2.16. The van der Waals surface area contributed by atoms with Crippen molar-refractivity contribution in [2.24, 2.45) is 12.8 Å². The average molecular weight is 156 g/mol. The summed E-state index contributed by atoms with van der Waals surface area (Å²) in [5, 5.41) is 14.5. The van der Waals surface area contributed by atoms with Crippen LogP contribution in [-0.2, 0) is 13.6 Å². The molecule has 0 aliphatic carbocycles. The van der Waals surface area contributed by atoms with Crippen molar-refractivity contribution in [1.82, 2.24) is 25.5 Å². The first-order valence-electron chi connectivity index (χ1n) is 3.46. The third kappa shape index (κ3) is 2.60. The van der Waals surface area contributed by atoms with Crippen LogP contribution in [0, 0.1) is 0 Å². The lowest BCUT2D eigenvalue weighted by Crippen LogP contribution is -2.22. The Balaban J connectivity index is 2.27. The minimum Gasteiger partial charge on any atom is -0.329 e. The fourth-order valence-electron chi connectivity index (χ4n) is 0.696. The molecular formula is C5H12N6. The maximum atomic E-state index is 5.27. The Morgan fingerprint density at radius 1 is 1.64 bits per heavy atom. The van der Waals surface area contributed by atoms with Gasteiger partial charge in [-0.05, 0) is 5.21 Å². The van der Waals surface area contributed by atoms with Gasteiger partial charge in [-0.15, -0.1) is 10.2 Å². The molecule has 0 bridgehead atoms. The molecule has 1 rings (SSSR count). The van der Waals surface area contributed by atoms with Crippen LogP contribution in [0.5, 0.6) is 0 Å². The summed E-state index contributed by atoms with van der Waals surface area (Å²) in [6, 6.07) is 0. The Bertz CT molecular complexity index is 206. The summed E-state index contributed by atoms with van der Waals surface area (Å²) in [5.41, 5.74) is 5.27. The molecule has 0 radical (unpaired) electrons. The van der Waals surface area contributed by atoms with Gasteiger partial charge in [0.2, 0.25) is 0 Å². The predicted molar refractivity (Wildman–Crippen MR) is 39.6 cm³/mol. The number of tetrazole rings is 1. The quantitative estimate of drug-likeness (QED) is 0.506. The van der Waals surface area contributed by atoms with Crippen molar-refractivity contribution in [3.8, 4) is 0 Å². The molecule has 1 heterocycles. The van der Waals surface area contributed by atoms with Crippen molar-refractivity contribution in [2.75, 3.05) is 13.1 Å². The second kappa shape index (κ2) is 3.99. The number of nitrogens with two attached hydrogens (primary N) is 1. The molecule has 11 heavy (non-hydrogen) atoms. The minimum atomic E-state index is 0.625. The Kier molecular flexibility index (Phi) is 2.94. The molecule has 62 valence electrons. The van der Waals surface area contributed by atoms with E-state index in [1.165, 1.54) is 4.80 Å². The molecule has 6 heteroatoms. The molecule has 6 nitrogen and oxygen atoms in total. The molecule has 0 atom stereocenters. The first-order chi connectivity index (χ1) is 5.33. The van der Waals surface area contributed by atoms with E-state index in [1.54, 1.807) is 7.05 Å². The Morgan fingerprint density at radius 3 is 3.00 bits per heavy atom. The molecule has 0 aromatic carbocycles. The second-order valence-electron chi connectivity index (χ2n) is 2.16. The van der Waals surface area contributed by atoms with Gasteiger partial charge in [0.25, 0.3) is 0 Å². The van der Waals surface area contributed by atoms with Gasteiger partial charge >= 0.3 is 0 Å². The number of hydrogen-bond donors (Lipinski definition) is 2. The zero-order valence-corrected chi connectivity index (χ0v) is 6.49. The first-order valence-corrected chi connectivity index (χ1v) is 3.46. The lowest BCUT2D eigenvalue weighted by molar-refractivity contribution is 0.620. The predicted octanol–water partition coefficient (Wildman–Crippen LogP) is -1.74. The normalized spacial score (nSPS) is 10.4. The van der Waals surface area contributed by atoms with Crippen LogP contribution in [0.1, 0.15) is 5.82 Å². The van der Waals surface area contributed by atoms with Crippen LogP contribution in [0.25, 0.3) is 0 Å². The van der Waals surface area contributed by atoms with Crippen LogP contribution in [0.2, 0.25) is 0 Å². The molecule has 1 aromatic rings. The molecule has 0 saturated heterocycles. The standard InChI is InChI=1S/C5H12N6/c1-11-9-5(8-10-11)4-7-3-2-6/h7H,2-4,6H2,1H3. The van der Waals surface area contributed by atoms with Crippen molar-refractivity contribution >= 4 is 0 Å². The first kappa shape index (κ1) is 8.09. The van der Waals surface area contributed by atoms with Crippen LogP contribution in [0.4, 0.5) is 0 Å². The van der Waals surface area contributed by atoms with E-state index in [1.807, 2.05) is 0 Å². The van der Waals surface area contributed by atoms with Gasteiger partial charge in [-0.3, -0.25) is 0 Å². The van der Waals surface area contributed by atoms with E-state index in [0.717, 1.165) is 6.54 Å². The third-order valence-corrected chi connectivity index (χ3v) is 1.15. The number of aryl methyl sites for hydroxylation is 1. The van der Waals surface area contributed by atoms with Crippen LogP contribution in [0.3, 0.4) is 0 Å². The van der Waals surface area contributed by atoms with E-state index in [-0.39, 0.29) is 0 Å². The molecular weight excluding hydrogens is 144 g/mol. The molecule has 0 amide bonds. The van der Waals surface area contributed by atoms with Crippen LogP contribution >= 0.6 is 0 Å². The minimum absolute atomic E-state index is 0.625. The maximum Gasteiger partial charge on any atom is 0.188 e. The summed E-state index contributed by atoms with van der Waals surface area (Å²) in [7, 11) is 1.74. The highest BCUT2D eigenvalue weighted by Gasteiger charge is 1.96. The summed E-state index contributed by atoms with van der Waals surface area (Å²) in [5.74, 6) is 0.695. The van der Waals surface area contributed by atoms with Gasteiger partial charge in [0.15, 0.2) is 5.82 Å². The number of nitrogens with zero attached hydrogens (tertiary/aromatic N) is 4. The zero-order chi connectivity index (χ0) is 8.10. The van der Waals surface area contributed by atoms with Crippen LogP contribution in [-0.4, -0.2) is 33.3 Å². The monoisotopic (exact) mass is 156 g/mol. The topological polar surface area (TPSA) is 81.7 Å². The lowest BCUT2D eigenvalue weighted by atomic mass is 10.5. The van der Waals surface area contributed by atoms with E-state index < -0.39 is 0 Å². The number of rotatable bonds is 4. The van der Waals surface area contributed by atoms with Gasteiger partial charge in [-0.25, -0.2) is 0 Å².